The van der Waals surface area contributed by atoms with Gasteiger partial charge in [-0.3, -0.25) is 9.80 Å². The molecule has 9 rings (SSSR count). The fourth-order valence-electron chi connectivity index (χ4n) is 8.86. The van der Waals surface area contributed by atoms with Crippen LogP contribution in [0, 0.1) is 0 Å². The summed E-state index contributed by atoms with van der Waals surface area (Å²) >= 11 is 0. The molecule has 1 aliphatic rings. The highest BCUT2D eigenvalue weighted by atomic mass is 16.3. The number of hydrogen-bond acceptors (Lipinski definition) is 4. The molecule has 0 radical (unpaired) electrons. The zero-order valence-electron chi connectivity index (χ0n) is 31.7. The van der Waals surface area contributed by atoms with Gasteiger partial charge in [-0.2, -0.15) is 0 Å². The van der Waals surface area contributed by atoms with Crippen LogP contribution < -0.4 is 0 Å². The van der Waals surface area contributed by atoms with Crippen LogP contribution in [0.4, 0.5) is 0 Å². The lowest BCUT2D eigenvalue weighted by Crippen LogP contribution is -2.50. The van der Waals surface area contributed by atoms with E-state index in [2.05, 4.69) is 189 Å². The molecule has 1 fully saturated rings. The first-order valence-electron chi connectivity index (χ1n) is 19.9. The molecule has 2 atom stereocenters. The predicted molar refractivity (Wildman–Crippen MR) is 231 cm³/mol. The lowest BCUT2D eigenvalue weighted by molar-refractivity contribution is 0.0412. The fraction of sp³-hybridized carbons (Fsp3) is 0.200. The zero-order valence-corrected chi connectivity index (χ0v) is 31.7. The summed E-state index contributed by atoms with van der Waals surface area (Å²) in [7, 11) is 0. The van der Waals surface area contributed by atoms with Gasteiger partial charge in [0.15, 0.2) is 0 Å². The molecule has 3 heterocycles. The highest BCUT2D eigenvalue weighted by molar-refractivity contribution is 6.05. The number of β-amino-alcohol motifs (C(OH)–C–C–N with tert-alkyl or cyclic N) is 2. The Morgan fingerprint density at radius 3 is 1.02 bits per heavy atom. The van der Waals surface area contributed by atoms with Gasteiger partial charge in [0, 0.05) is 72.2 Å². The van der Waals surface area contributed by atoms with Crippen molar-refractivity contribution in [1.82, 2.24) is 18.9 Å². The second-order valence-corrected chi connectivity index (χ2v) is 15.1. The number of hydrogen-bond donors (Lipinski definition) is 2. The van der Waals surface area contributed by atoms with Crippen LogP contribution in [-0.2, 0) is 13.1 Å². The van der Waals surface area contributed by atoms with Crippen molar-refractivity contribution in [3.63, 3.8) is 0 Å². The molecule has 6 heteroatoms. The molecule has 6 nitrogen and oxygen atoms in total. The maximum atomic E-state index is 11.7. The van der Waals surface area contributed by atoms with Crippen molar-refractivity contribution in [3.05, 3.63) is 170 Å². The Labute approximate surface area is 329 Å². The summed E-state index contributed by atoms with van der Waals surface area (Å²) in [6.45, 7) is 5.55. The van der Waals surface area contributed by atoms with Crippen LogP contribution in [0.3, 0.4) is 0 Å². The molecule has 0 aliphatic carbocycles. The first-order valence-corrected chi connectivity index (χ1v) is 19.9. The molecule has 1 saturated heterocycles. The summed E-state index contributed by atoms with van der Waals surface area (Å²) in [6.07, 6.45) is -1.10. The second kappa shape index (κ2) is 16.1. The molecule has 1 aliphatic heterocycles. The van der Waals surface area contributed by atoms with E-state index >= 15 is 0 Å². The third-order valence-electron chi connectivity index (χ3n) is 11.4. The molecular formula is C50H48N4O2. The van der Waals surface area contributed by atoms with E-state index in [1.165, 1.54) is 33.0 Å². The number of piperazine rings is 1. The number of aromatic nitrogens is 2. The van der Waals surface area contributed by atoms with Gasteiger partial charge in [-0.25, -0.2) is 0 Å². The van der Waals surface area contributed by atoms with Crippen LogP contribution >= 0.6 is 0 Å². The van der Waals surface area contributed by atoms with Crippen molar-refractivity contribution in [3.8, 4) is 44.8 Å². The van der Waals surface area contributed by atoms with Gasteiger partial charge in [0.2, 0.25) is 0 Å². The molecule has 56 heavy (non-hydrogen) atoms. The molecule has 2 N–H and O–H groups in total. The average molecular weight is 737 g/mol. The SMILES string of the molecule is O[C@@H](CN1CCN(C[C@H](O)Cn2c(-c3ccccc3)c(-c3ccccc3)c3ccccc32)CC1)Cn1c(-c2ccccc2)c(-c2ccccc2)c2ccccc21. The highest BCUT2D eigenvalue weighted by Gasteiger charge is 2.26. The molecule has 280 valence electrons. The van der Waals surface area contributed by atoms with Gasteiger partial charge in [0.25, 0.3) is 0 Å². The van der Waals surface area contributed by atoms with Gasteiger partial charge in [-0.1, -0.05) is 158 Å². The first-order chi connectivity index (χ1) is 27.6. The third-order valence-corrected chi connectivity index (χ3v) is 11.4. The standard InChI is InChI=1S/C50H48N4O2/c55-41(35-53-45-27-15-13-25-43(45)47(37-17-5-1-6-18-37)49(53)39-21-9-3-10-22-39)33-51-29-31-52(32-30-51)34-42(56)36-54-46-28-16-14-26-44(46)48(38-19-7-2-8-20-38)50(54)40-23-11-4-12-24-40/h1-28,41-42,55-56H,29-36H2/t41-,42-/m0/s1. The predicted octanol–water partition coefficient (Wildman–Crippen LogP) is 9.30. The summed E-state index contributed by atoms with van der Waals surface area (Å²) in [5.41, 5.74) is 11.6. The molecule has 0 amide bonds. The zero-order chi connectivity index (χ0) is 37.8. The van der Waals surface area contributed by atoms with E-state index in [1.807, 2.05) is 0 Å². The number of para-hydroxylation sites is 2. The van der Waals surface area contributed by atoms with E-state index in [0.717, 1.165) is 59.7 Å². The van der Waals surface area contributed by atoms with Gasteiger partial charge in [0.05, 0.1) is 36.7 Å². The normalized spacial score (nSPS) is 15.0. The van der Waals surface area contributed by atoms with Crippen LogP contribution in [0.25, 0.3) is 66.6 Å². The van der Waals surface area contributed by atoms with Crippen LogP contribution in [0.1, 0.15) is 0 Å². The van der Waals surface area contributed by atoms with E-state index in [0.29, 0.717) is 26.2 Å². The number of aliphatic hydroxyl groups excluding tert-OH is 2. The lowest BCUT2D eigenvalue weighted by atomic mass is 9.98. The Hall–Kier alpha value is -5.76. The molecular weight excluding hydrogens is 689 g/mol. The summed E-state index contributed by atoms with van der Waals surface area (Å²) < 4.78 is 4.64. The van der Waals surface area contributed by atoms with Gasteiger partial charge in [-0.05, 0) is 34.4 Å². The van der Waals surface area contributed by atoms with E-state index in [-0.39, 0.29) is 0 Å². The van der Waals surface area contributed by atoms with Crippen molar-refractivity contribution in [2.75, 3.05) is 39.3 Å². The molecule has 0 saturated carbocycles. The lowest BCUT2D eigenvalue weighted by Gasteiger charge is -2.36. The molecule has 6 aromatic carbocycles. The van der Waals surface area contributed by atoms with Crippen molar-refractivity contribution in [1.29, 1.82) is 0 Å². The van der Waals surface area contributed by atoms with Crippen LogP contribution in [0.15, 0.2) is 170 Å². The van der Waals surface area contributed by atoms with Crippen molar-refractivity contribution < 1.29 is 10.2 Å². The average Bonchev–Trinajstić information content (AvgIpc) is 3.75. The summed E-state index contributed by atoms with van der Waals surface area (Å²) in [6, 6.07) is 59.4. The Balaban J connectivity index is 0.901. The van der Waals surface area contributed by atoms with E-state index in [9.17, 15) is 10.2 Å². The summed E-state index contributed by atoms with van der Waals surface area (Å²) in [4.78, 5) is 4.75. The number of fused-ring (bicyclic) bond motifs is 2. The Morgan fingerprint density at radius 1 is 0.357 bits per heavy atom. The minimum Gasteiger partial charge on any atom is -0.390 e. The molecule has 8 aromatic rings. The van der Waals surface area contributed by atoms with Gasteiger partial charge in [-0.15, -0.1) is 0 Å². The van der Waals surface area contributed by atoms with Crippen LogP contribution in [0.5, 0.6) is 0 Å². The highest BCUT2D eigenvalue weighted by Crippen LogP contribution is 2.42. The molecule has 0 unspecified atom stereocenters. The Morgan fingerprint density at radius 2 is 0.661 bits per heavy atom. The van der Waals surface area contributed by atoms with E-state index in [1.54, 1.807) is 0 Å². The topological polar surface area (TPSA) is 56.8 Å². The number of nitrogens with zero attached hydrogens (tertiary/aromatic N) is 4. The first kappa shape index (κ1) is 35.9. The quantitative estimate of drug-likeness (QED) is 0.131. The minimum absolute atomic E-state index is 0.496. The van der Waals surface area contributed by atoms with E-state index in [4.69, 9.17) is 0 Å². The second-order valence-electron chi connectivity index (χ2n) is 15.1. The smallest absolute Gasteiger partial charge is 0.0845 e. The minimum atomic E-state index is -0.550. The number of rotatable bonds is 12. The third kappa shape index (κ3) is 7.20. The molecule has 2 aromatic heterocycles. The molecule has 0 bridgehead atoms. The maximum Gasteiger partial charge on any atom is 0.0845 e. The summed E-state index contributed by atoms with van der Waals surface area (Å²) in [5, 5.41) is 25.8. The summed E-state index contributed by atoms with van der Waals surface area (Å²) in [5.74, 6) is 0. The number of benzene rings is 6. The van der Waals surface area contributed by atoms with Gasteiger partial charge in [0.1, 0.15) is 0 Å². The van der Waals surface area contributed by atoms with Crippen molar-refractivity contribution in [2.45, 2.75) is 25.3 Å². The maximum absolute atomic E-state index is 11.7. The largest absolute Gasteiger partial charge is 0.390 e. The Bertz CT molecular complexity index is 2340. The van der Waals surface area contributed by atoms with Crippen molar-refractivity contribution in [2.24, 2.45) is 0 Å². The van der Waals surface area contributed by atoms with Gasteiger partial charge < -0.3 is 19.3 Å². The van der Waals surface area contributed by atoms with Crippen LogP contribution in [0.2, 0.25) is 0 Å². The van der Waals surface area contributed by atoms with Crippen LogP contribution in [-0.4, -0.2) is 80.6 Å². The van der Waals surface area contributed by atoms with Gasteiger partial charge >= 0.3 is 0 Å². The fourth-order valence-corrected chi connectivity index (χ4v) is 8.86. The monoisotopic (exact) mass is 736 g/mol. The number of aliphatic hydroxyl groups is 2. The molecule has 0 spiro atoms. The Kier molecular flexibility index (Phi) is 10.4. The van der Waals surface area contributed by atoms with E-state index < -0.39 is 12.2 Å². The van der Waals surface area contributed by atoms with Crippen molar-refractivity contribution >= 4 is 21.8 Å².